The summed E-state index contributed by atoms with van der Waals surface area (Å²) in [5, 5.41) is 4.38. The van der Waals surface area contributed by atoms with Crippen LogP contribution in [-0.4, -0.2) is 35.0 Å². The van der Waals surface area contributed by atoms with Crippen molar-refractivity contribution < 1.29 is 9.21 Å². The molecule has 0 aliphatic carbocycles. The first-order chi connectivity index (χ1) is 16.7. The number of para-hydroxylation sites is 1. The highest BCUT2D eigenvalue weighted by molar-refractivity contribution is 5.81. The lowest BCUT2D eigenvalue weighted by Gasteiger charge is -2.31. The summed E-state index contributed by atoms with van der Waals surface area (Å²) < 4.78 is 7.80. The molecule has 0 saturated carbocycles. The molecule has 176 valence electrons. The molecule has 0 radical (unpaired) electrons. The Morgan fingerprint density at radius 1 is 1.00 bits per heavy atom. The molecule has 0 bridgehead atoms. The van der Waals surface area contributed by atoms with E-state index in [1.54, 1.807) is 6.26 Å². The molecule has 0 unspecified atom stereocenters. The number of piperidine rings is 1. The fourth-order valence-electron chi connectivity index (χ4n) is 5.07. The number of fused-ring (bicyclic) bond motifs is 1. The number of carbonyl (C=O) groups is 1. The third kappa shape index (κ3) is 5.26. The molecule has 5 rings (SSSR count). The molecular formula is C29H33N3O2. The highest BCUT2D eigenvalue weighted by Gasteiger charge is 2.25. The average Bonchev–Trinajstić information content (AvgIpc) is 3.48. The van der Waals surface area contributed by atoms with Gasteiger partial charge in [-0.1, -0.05) is 48.0 Å². The number of rotatable bonds is 8. The van der Waals surface area contributed by atoms with E-state index in [4.69, 9.17) is 4.42 Å². The molecule has 5 heteroatoms. The molecule has 2 aromatic carbocycles. The zero-order chi connectivity index (χ0) is 23.3. The number of carbonyl (C=O) groups excluding carboxylic acids is 1. The molecule has 5 nitrogen and oxygen atoms in total. The van der Waals surface area contributed by atoms with E-state index < -0.39 is 0 Å². The summed E-state index contributed by atoms with van der Waals surface area (Å²) in [6.45, 7) is 6.46. The number of benzene rings is 2. The Kier molecular flexibility index (Phi) is 6.82. The lowest BCUT2D eigenvalue weighted by atomic mass is 9.95. The molecule has 0 spiro atoms. The van der Waals surface area contributed by atoms with Crippen molar-refractivity contribution in [3.63, 3.8) is 0 Å². The van der Waals surface area contributed by atoms with Gasteiger partial charge in [-0.05, 0) is 68.1 Å². The number of nitrogens with one attached hydrogen (secondary N) is 1. The highest BCUT2D eigenvalue weighted by atomic mass is 16.3. The van der Waals surface area contributed by atoms with Crippen molar-refractivity contribution in [2.45, 2.75) is 39.3 Å². The Morgan fingerprint density at radius 3 is 2.65 bits per heavy atom. The van der Waals surface area contributed by atoms with Gasteiger partial charge in [-0.2, -0.15) is 0 Å². The van der Waals surface area contributed by atoms with Crippen LogP contribution in [0.4, 0.5) is 0 Å². The third-order valence-electron chi connectivity index (χ3n) is 6.91. The monoisotopic (exact) mass is 455 g/mol. The molecular weight excluding hydrogens is 422 g/mol. The van der Waals surface area contributed by atoms with E-state index in [2.05, 4.69) is 76.3 Å². The standard InChI is InChI=1S/C29H33N3O2/c1-22-6-4-7-23(18-22)20-32-26(19-25-8-2-3-10-28(25)32)21-31-15-12-24(13-16-31)29(33)30-14-11-27-9-5-17-34-27/h2-10,17-19,24H,11-16,20-21H2,1H3,(H,30,33). The molecule has 1 aliphatic heterocycles. The van der Waals surface area contributed by atoms with Gasteiger partial charge in [0.25, 0.3) is 0 Å². The van der Waals surface area contributed by atoms with E-state index in [0.717, 1.165) is 51.2 Å². The van der Waals surface area contributed by atoms with Crippen molar-refractivity contribution in [3.05, 3.63) is 95.6 Å². The van der Waals surface area contributed by atoms with Crippen molar-refractivity contribution in [2.75, 3.05) is 19.6 Å². The number of hydrogen-bond acceptors (Lipinski definition) is 3. The Balaban J connectivity index is 1.21. The summed E-state index contributed by atoms with van der Waals surface area (Å²) in [4.78, 5) is 15.1. The molecule has 1 aliphatic rings. The smallest absolute Gasteiger partial charge is 0.223 e. The van der Waals surface area contributed by atoms with E-state index in [1.807, 2.05) is 12.1 Å². The minimum atomic E-state index is 0.103. The minimum absolute atomic E-state index is 0.103. The van der Waals surface area contributed by atoms with Gasteiger partial charge in [-0.15, -0.1) is 0 Å². The van der Waals surface area contributed by atoms with Crippen LogP contribution >= 0.6 is 0 Å². The van der Waals surface area contributed by atoms with E-state index in [0.29, 0.717) is 6.54 Å². The summed E-state index contributed by atoms with van der Waals surface area (Å²) in [6.07, 6.45) is 4.23. The van der Waals surface area contributed by atoms with Crippen LogP contribution in [0.15, 0.2) is 77.4 Å². The van der Waals surface area contributed by atoms with Crippen LogP contribution in [0.5, 0.6) is 0 Å². The first-order valence-electron chi connectivity index (χ1n) is 12.3. The van der Waals surface area contributed by atoms with Crippen LogP contribution in [0, 0.1) is 12.8 Å². The van der Waals surface area contributed by atoms with Crippen LogP contribution < -0.4 is 5.32 Å². The average molecular weight is 456 g/mol. The fraction of sp³-hybridized carbons (Fsp3) is 0.345. The highest BCUT2D eigenvalue weighted by Crippen LogP contribution is 2.25. The maximum absolute atomic E-state index is 12.6. The Hall–Kier alpha value is -3.31. The molecule has 1 N–H and O–H groups in total. The molecule has 1 saturated heterocycles. The Labute approximate surface area is 201 Å². The van der Waals surface area contributed by atoms with E-state index >= 15 is 0 Å². The van der Waals surface area contributed by atoms with Gasteiger partial charge in [0.1, 0.15) is 5.76 Å². The van der Waals surface area contributed by atoms with Crippen molar-refractivity contribution in [1.82, 2.24) is 14.8 Å². The van der Waals surface area contributed by atoms with Crippen LogP contribution in [0.1, 0.15) is 35.4 Å². The second-order valence-electron chi connectivity index (χ2n) is 9.44. The maximum atomic E-state index is 12.6. The van der Waals surface area contributed by atoms with Crippen molar-refractivity contribution in [1.29, 1.82) is 0 Å². The van der Waals surface area contributed by atoms with Crippen LogP contribution in [-0.2, 0) is 24.3 Å². The molecule has 1 amide bonds. The van der Waals surface area contributed by atoms with Crippen molar-refractivity contribution in [2.24, 2.45) is 5.92 Å². The quantitative estimate of drug-likeness (QED) is 0.399. The number of amides is 1. The zero-order valence-electron chi connectivity index (χ0n) is 19.9. The van der Waals surface area contributed by atoms with Gasteiger partial charge in [0.2, 0.25) is 5.91 Å². The second-order valence-corrected chi connectivity index (χ2v) is 9.44. The van der Waals surface area contributed by atoms with E-state index in [1.165, 1.54) is 27.7 Å². The van der Waals surface area contributed by atoms with Gasteiger partial charge >= 0.3 is 0 Å². The number of nitrogens with zero attached hydrogens (tertiary/aromatic N) is 2. The number of aromatic nitrogens is 1. The number of hydrogen-bond donors (Lipinski definition) is 1. The number of aryl methyl sites for hydroxylation is 1. The van der Waals surface area contributed by atoms with Gasteiger partial charge < -0.3 is 14.3 Å². The Morgan fingerprint density at radius 2 is 1.85 bits per heavy atom. The lowest BCUT2D eigenvalue weighted by molar-refractivity contribution is -0.126. The number of likely N-dealkylation sites (tertiary alicyclic amines) is 1. The summed E-state index contributed by atoms with van der Waals surface area (Å²) in [6, 6.07) is 23.6. The van der Waals surface area contributed by atoms with E-state index in [-0.39, 0.29) is 11.8 Å². The maximum Gasteiger partial charge on any atom is 0.223 e. The summed E-state index contributed by atoms with van der Waals surface area (Å²) in [5.74, 6) is 1.20. The molecule has 4 aromatic rings. The summed E-state index contributed by atoms with van der Waals surface area (Å²) >= 11 is 0. The zero-order valence-corrected chi connectivity index (χ0v) is 19.9. The van der Waals surface area contributed by atoms with Gasteiger partial charge in [0.15, 0.2) is 0 Å². The molecule has 3 heterocycles. The van der Waals surface area contributed by atoms with Crippen LogP contribution in [0.2, 0.25) is 0 Å². The summed E-state index contributed by atoms with van der Waals surface area (Å²) in [5.41, 5.74) is 5.24. The SMILES string of the molecule is Cc1cccc(Cn2c(CN3CCC(C(=O)NCCc4ccco4)CC3)cc3ccccc32)c1. The first-order valence-corrected chi connectivity index (χ1v) is 12.3. The van der Waals surface area contributed by atoms with Gasteiger partial charge in [0, 0.05) is 43.2 Å². The minimum Gasteiger partial charge on any atom is -0.469 e. The largest absolute Gasteiger partial charge is 0.469 e. The first kappa shape index (κ1) is 22.5. The van der Waals surface area contributed by atoms with Gasteiger partial charge in [0.05, 0.1) is 6.26 Å². The van der Waals surface area contributed by atoms with Crippen molar-refractivity contribution >= 4 is 16.8 Å². The summed E-state index contributed by atoms with van der Waals surface area (Å²) in [7, 11) is 0. The normalized spacial score (nSPS) is 15.1. The predicted octanol–water partition coefficient (Wildman–Crippen LogP) is 5.16. The van der Waals surface area contributed by atoms with Gasteiger partial charge in [-0.3, -0.25) is 9.69 Å². The second kappa shape index (κ2) is 10.3. The van der Waals surface area contributed by atoms with Crippen LogP contribution in [0.3, 0.4) is 0 Å². The topological polar surface area (TPSA) is 50.4 Å². The molecule has 1 fully saturated rings. The molecule has 0 atom stereocenters. The molecule has 2 aromatic heterocycles. The van der Waals surface area contributed by atoms with Crippen LogP contribution in [0.25, 0.3) is 10.9 Å². The third-order valence-corrected chi connectivity index (χ3v) is 6.91. The fourth-order valence-corrected chi connectivity index (χ4v) is 5.07. The van der Waals surface area contributed by atoms with Gasteiger partial charge in [-0.25, -0.2) is 0 Å². The van der Waals surface area contributed by atoms with E-state index in [9.17, 15) is 4.79 Å². The lowest BCUT2D eigenvalue weighted by Crippen LogP contribution is -2.40. The number of furan rings is 1. The van der Waals surface area contributed by atoms with Crippen molar-refractivity contribution in [3.8, 4) is 0 Å². The Bertz CT molecular complexity index is 1230. The molecule has 34 heavy (non-hydrogen) atoms. The predicted molar refractivity (Wildman–Crippen MR) is 136 cm³/mol.